The van der Waals surface area contributed by atoms with Crippen LogP contribution in [0.15, 0.2) is 30.3 Å². The van der Waals surface area contributed by atoms with E-state index in [0.29, 0.717) is 6.04 Å². The van der Waals surface area contributed by atoms with Crippen LogP contribution in [-0.4, -0.2) is 30.1 Å². The number of hydrogen-bond acceptors (Lipinski definition) is 4. The first-order chi connectivity index (χ1) is 9.11. The van der Waals surface area contributed by atoms with Gasteiger partial charge in [-0.15, -0.1) is 0 Å². The van der Waals surface area contributed by atoms with Gasteiger partial charge in [-0.3, -0.25) is 0 Å². The number of thioether (sulfide) groups is 1. The molecule has 0 saturated carbocycles. The van der Waals surface area contributed by atoms with Crippen LogP contribution in [0.1, 0.15) is 13.3 Å². The Bertz CT molecular complexity index is 556. The van der Waals surface area contributed by atoms with E-state index in [2.05, 4.69) is 37.3 Å². The van der Waals surface area contributed by atoms with E-state index in [0.717, 1.165) is 22.4 Å². The van der Waals surface area contributed by atoms with Crippen molar-refractivity contribution in [2.24, 2.45) is 0 Å². The first kappa shape index (κ1) is 14.0. The van der Waals surface area contributed by atoms with Crippen molar-refractivity contribution in [3.05, 3.63) is 30.3 Å². The fourth-order valence-electron chi connectivity index (χ4n) is 2.04. The van der Waals surface area contributed by atoms with E-state index in [-0.39, 0.29) is 0 Å². The van der Waals surface area contributed by atoms with Crippen LogP contribution in [-0.2, 0) is 0 Å². The second kappa shape index (κ2) is 6.15. The maximum Gasteiger partial charge on any atom is 0.129 e. The van der Waals surface area contributed by atoms with Crippen molar-refractivity contribution in [1.82, 2.24) is 4.98 Å². The SMILES string of the molecule is CSCCC(C)N(C)c1ccc2cc(N)ccc2n1. The van der Waals surface area contributed by atoms with Gasteiger partial charge in [0, 0.05) is 24.2 Å². The summed E-state index contributed by atoms with van der Waals surface area (Å²) in [6.07, 6.45) is 3.31. The predicted octanol–water partition coefficient (Wildman–Crippen LogP) is 3.39. The average molecular weight is 275 g/mol. The Kier molecular flexibility index (Phi) is 4.53. The molecule has 4 heteroatoms. The molecule has 102 valence electrons. The van der Waals surface area contributed by atoms with Crippen LogP contribution in [0.25, 0.3) is 10.9 Å². The molecule has 1 aromatic heterocycles. The Morgan fingerprint density at radius 3 is 2.84 bits per heavy atom. The molecular formula is C15H21N3S. The highest BCUT2D eigenvalue weighted by Crippen LogP contribution is 2.21. The van der Waals surface area contributed by atoms with E-state index in [1.807, 2.05) is 30.0 Å². The molecule has 0 spiro atoms. The molecule has 0 fully saturated rings. The third-order valence-corrected chi connectivity index (χ3v) is 4.10. The smallest absolute Gasteiger partial charge is 0.129 e. The molecule has 0 aliphatic heterocycles. The summed E-state index contributed by atoms with van der Waals surface area (Å²) in [7, 11) is 2.11. The Labute approximate surface area is 119 Å². The van der Waals surface area contributed by atoms with Gasteiger partial charge in [-0.1, -0.05) is 0 Å². The third kappa shape index (κ3) is 3.32. The average Bonchev–Trinajstić information content (AvgIpc) is 2.43. The summed E-state index contributed by atoms with van der Waals surface area (Å²) in [6.45, 7) is 2.24. The first-order valence-electron chi connectivity index (χ1n) is 6.50. The zero-order valence-corrected chi connectivity index (χ0v) is 12.6. The molecule has 0 radical (unpaired) electrons. The summed E-state index contributed by atoms with van der Waals surface area (Å²) in [6, 6.07) is 10.5. The molecule has 1 aromatic carbocycles. The maximum atomic E-state index is 5.78. The molecule has 1 atom stereocenters. The number of hydrogen-bond donors (Lipinski definition) is 1. The molecule has 19 heavy (non-hydrogen) atoms. The second-order valence-electron chi connectivity index (χ2n) is 4.86. The van der Waals surface area contributed by atoms with Crippen molar-refractivity contribution in [3.8, 4) is 0 Å². The molecule has 0 aliphatic rings. The van der Waals surface area contributed by atoms with Crippen LogP contribution in [0.4, 0.5) is 11.5 Å². The van der Waals surface area contributed by atoms with E-state index < -0.39 is 0 Å². The highest BCUT2D eigenvalue weighted by molar-refractivity contribution is 7.98. The minimum Gasteiger partial charge on any atom is -0.399 e. The molecule has 0 bridgehead atoms. The van der Waals surface area contributed by atoms with Gasteiger partial charge in [0.05, 0.1) is 5.52 Å². The van der Waals surface area contributed by atoms with Gasteiger partial charge in [0.15, 0.2) is 0 Å². The van der Waals surface area contributed by atoms with Crippen LogP contribution in [0.5, 0.6) is 0 Å². The van der Waals surface area contributed by atoms with Crippen LogP contribution in [0.2, 0.25) is 0 Å². The monoisotopic (exact) mass is 275 g/mol. The minimum absolute atomic E-state index is 0.492. The largest absolute Gasteiger partial charge is 0.399 e. The summed E-state index contributed by atoms with van der Waals surface area (Å²) >= 11 is 1.89. The number of pyridine rings is 1. The second-order valence-corrected chi connectivity index (χ2v) is 5.85. The standard InChI is InChI=1S/C15H21N3S/c1-11(8-9-19-3)18(2)15-7-4-12-10-13(16)5-6-14(12)17-15/h4-7,10-11H,8-9,16H2,1-3H3. The Morgan fingerprint density at radius 2 is 2.11 bits per heavy atom. The van der Waals surface area contributed by atoms with Gasteiger partial charge in [-0.25, -0.2) is 4.98 Å². The first-order valence-corrected chi connectivity index (χ1v) is 7.89. The van der Waals surface area contributed by atoms with Crippen LogP contribution >= 0.6 is 11.8 Å². The number of nitrogens with two attached hydrogens (primary N) is 1. The van der Waals surface area contributed by atoms with Crippen LogP contribution in [0.3, 0.4) is 0 Å². The molecule has 0 aliphatic carbocycles. The number of aromatic nitrogens is 1. The number of rotatable bonds is 5. The third-order valence-electron chi connectivity index (χ3n) is 3.46. The summed E-state index contributed by atoms with van der Waals surface area (Å²) in [5.41, 5.74) is 7.56. The van der Waals surface area contributed by atoms with Crippen molar-refractivity contribution in [2.75, 3.05) is 29.7 Å². The van der Waals surface area contributed by atoms with E-state index >= 15 is 0 Å². The van der Waals surface area contributed by atoms with E-state index in [9.17, 15) is 0 Å². The molecule has 2 rings (SSSR count). The number of benzene rings is 1. The summed E-state index contributed by atoms with van der Waals surface area (Å²) in [5, 5.41) is 1.09. The van der Waals surface area contributed by atoms with Gasteiger partial charge < -0.3 is 10.6 Å². The normalized spacial score (nSPS) is 12.6. The van der Waals surface area contributed by atoms with Crippen molar-refractivity contribution in [3.63, 3.8) is 0 Å². The Balaban J connectivity index is 2.22. The van der Waals surface area contributed by atoms with Crippen LogP contribution < -0.4 is 10.6 Å². The van der Waals surface area contributed by atoms with Gasteiger partial charge >= 0.3 is 0 Å². The molecule has 0 amide bonds. The zero-order chi connectivity index (χ0) is 13.8. The van der Waals surface area contributed by atoms with Crippen LogP contribution in [0, 0.1) is 0 Å². The molecule has 1 unspecified atom stereocenters. The lowest BCUT2D eigenvalue weighted by Crippen LogP contribution is -2.30. The highest BCUT2D eigenvalue weighted by Gasteiger charge is 2.11. The maximum absolute atomic E-state index is 5.78. The summed E-state index contributed by atoms with van der Waals surface area (Å²) < 4.78 is 0. The topological polar surface area (TPSA) is 42.1 Å². The summed E-state index contributed by atoms with van der Waals surface area (Å²) in [4.78, 5) is 6.95. The minimum atomic E-state index is 0.492. The Hall–Kier alpha value is -1.42. The summed E-state index contributed by atoms with van der Waals surface area (Å²) in [5.74, 6) is 2.20. The Morgan fingerprint density at radius 1 is 1.32 bits per heavy atom. The van der Waals surface area contributed by atoms with Gasteiger partial charge in [-0.05, 0) is 55.7 Å². The molecule has 2 aromatic rings. The molecule has 2 N–H and O–H groups in total. The molecule has 3 nitrogen and oxygen atoms in total. The van der Waals surface area contributed by atoms with Gasteiger partial charge in [0.2, 0.25) is 0 Å². The zero-order valence-electron chi connectivity index (χ0n) is 11.8. The number of anilines is 2. The fraction of sp³-hybridized carbons (Fsp3) is 0.400. The lowest BCUT2D eigenvalue weighted by molar-refractivity contribution is 0.663. The van der Waals surface area contributed by atoms with Crippen molar-refractivity contribution in [1.29, 1.82) is 0 Å². The van der Waals surface area contributed by atoms with Crippen molar-refractivity contribution < 1.29 is 0 Å². The van der Waals surface area contributed by atoms with Crippen molar-refractivity contribution >= 4 is 34.2 Å². The lowest BCUT2D eigenvalue weighted by atomic mass is 10.2. The quantitative estimate of drug-likeness (QED) is 0.849. The molecular weight excluding hydrogens is 254 g/mol. The van der Waals surface area contributed by atoms with Crippen molar-refractivity contribution in [2.45, 2.75) is 19.4 Å². The number of nitrogens with zero attached hydrogens (tertiary/aromatic N) is 2. The fourth-order valence-corrected chi connectivity index (χ4v) is 2.61. The number of fused-ring (bicyclic) bond motifs is 1. The predicted molar refractivity (Wildman–Crippen MR) is 87.0 cm³/mol. The van der Waals surface area contributed by atoms with E-state index in [1.165, 1.54) is 12.2 Å². The van der Waals surface area contributed by atoms with E-state index in [1.54, 1.807) is 0 Å². The van der Waals surface area contributed by atoms with Gasteiger partial charge in [0.25, 0.3) is 0 Å². The van der Waals surface area contributed by atoms with Gasteiger partial charge in [0.1, 0.15) is 5.82 Å². The molecule has 0 saturated heterocycles. The van der Waals surface area contributed by atoms with Gasteiger partial charge in [-0.2, -0.15) is 11.8 Å². The molecule has 1 heterocycles. The lowest BCUT2D eigenvalue weighted by Gasteiger charge is -2.26. The highest BCUT2D eigenvalue weighted by atomic mass is 32.2. The number of nitrogen functional groups attached to an aromatic ring is 1. The van der Waals surface area contributed by atoms with E-state index in [4.69, 9.17) is 10.7 Å².